The highest BCUT2D eigenvalue weighted by Gasteiger charge is 2.38. The molecule has 0 aromatic heterocycles. The molecule has 0 saturated carbocycles. The van der Waals surface area contributed by atoms with Crippen LogP contribution in [0.1, 0.15) is 97.6 Å². The van der Waals surface area contributed by atoms with Crippen LogP contribution in [0.2, 0.25) is 0 Å². The Labute approximate surface area is 309 Å². The molecule has 1 fully saturated rings. The topological polar surface area (TPSA) is 139 Å². The van der Waals surface area contributed by atoms with E-state index in [9.17, 15) is 28.8 Å². The molecule has 10 nitrogen and oxygen atoms in total. The molecule has 0 bridgehead atoms. The number of nitrogens with one attached hydrogen (secondary N) is 2. The molecule has 284 valence electrons. The summed E-state index contributed by atoms with van der Waals surface area (Å²) in [6, 6.07) is 17.6. The van der Waals surface area contributed by atoms with Gasteiger partial charge in [-0.05, 0) is 68.4 Å². The van der Waals surface area contributed by atoms with Crippen LogP contribution in [0.25, 0.3) is 0 Å². The molecule has 2 N–H and O–H groups in total. The van der Waals surface area contributed by atoms with Gasteiger partial charge in [-0.3, -0.25) is 24.0 Å². The van der Waals surface area contributed by atoms with Crippen LogP contribution in [0.4, 0.5) is 4.79 Å². The molecule has 2 aromatic carbocycles. The Kier molecular flexibility index (Phi) is 17.2. The number of likely N-dealkylation sites (tertiary alicyclic amines) is 1. The minimum absolute atomic E-state index is 0.00338. The van der Waals surface area contributed by atoms with Gasteiger partial charge >= 0.3 is 6.09 Å². The van der Waals surface area contributed by atoms with Gasteiger partial charge < -0.3 is 20.3 Å². The highest BCUT2D eigenvalue weighted by molar-refractivity contribution is 5.96. The van der Waals surface area contributed by atoms with Gasteiger partial charge in [0.2, 0.25) is 11.8 Å². The van der Waals surface area contributed by atoms with Gasteiger partial charge in [0.1, 0.15) is 12.4 Å². The lowest BCUT2D eigenvalue weighted by Gasteiger charge is -2.29. The minimum Gasteiger partial charge on any atom is -0.445 e. The number of rotatable bonds is 21. The summed E-state index contributed by atoms with van der Waals surface area (Å²) in [7, 11) is 0. The molecule has 0 unspecified atom stereocenters. The van der Waals surface area contributed by atoms with Crippen molar-refractivity contribution in [2.24, 2.45) is 29.6 Å². The van der Waals surface area contributed by atoms with Crippen LogP contribution in [-0.2, 0) is 41.7 Å². The van der Waals surface area contributed by atoms with E-state index in [1.54, 1.807) is 4.90 Å². The Bertz CT molecular complexity index is 1480. The number of benzene rings is 2. The first-order valence-corrected chi connectivity index (χ1v) is 18.9. The van der Waals surface area contributed by atoms with Crippen molar-refractivity contribution in [3.63, 3.8) is 0 Å². The number of carbonyl (C=O) groups is 6. The number of amides is 3. The third-order valence-corrected chi connectivity index (χ3v) is 9.91. The summed E-state index contributed by atoms with van der Waals surface area (Å²) < 4.78 is 5.28. The number of Topliss-reactive ketones (excluding diaryl/α,β-unsaturated/α-hetero) is 3. The van der Waals surface area contributed by atoms with Crippen LogP contribution in [0.15, 0.2) is 60.7 Å². The van der Waals surface area contributed by atoms with Crippen molar-refractivity contribution in [2.75, 3.05) is 13.1 Å². The Balaban J connectivity index is 1.65. The second-order valence-electron chi connectivity index (χ2n) is 15.1. The number of ketones is 3. The minimum atomic E-state index is -0.900. The number of ether oxygens (including phenoxy) is 1. The van der Waals surface area contributed by atoms with Crippen LogP contribution < -0.4 is 10.6 Å². The maximum atomic E-state index is 13.9. The third-order valence-electron chi connectivity index (χ3n) is 9.91. The summed E-state index contributed by atoms with van der Waals surface area (Å²) >= 11 is 0. The van der Waals surface area contributed by atoms with Crippen molar-refractivity contribution in [1.82, 2.24) is 15.5 Å². The number of nitrogens with zero attached hydrogens (tertiary/aromatic N) is 1. The number of alkyl carbamates (subject to hydrolysis) is 1. The third kappa shape index (κ3) is 13.7. The van der Waals surface area contributed by atoms with Crippen molar-refractivity contribution in [3.05, 3.63) is 71.8 Å². The standard InChI is InChI=1S/C42H59N3O7/c1-28(2)23-34(31(6)46)25-38(47)36(19-13-21-43-42(51)52-27-33-17-11-8-12-18-33)44-40(49)35(29(3)4)26-39(48)37-20-14-22-45(37)41(50)30(5)24-32-15-9-7-10-16-32/h7-12,15-18,28-30,34-37H,13-14,19-27H2,1-6H3,(H,43,51)(H,44,49)/t30-,34-,35+,36+,37+/m1/s1. The average Bonchev–Trinajstić information content (AvgIpc) is 3.61. The van der Waals surface area contributed by atoms with E-state index in [1.807, 2.05) is 95.3 Å². The van der Waals surface area contributed by atoms with Gasteiger partial charge in [0.25, 0.3) is 0 Å². The predicted molar refractivity (Wildman–Crippen MR) is 201 cm³/mol. The van der Waals surface area contributed by atoms with Crippen molar-refractivity contribution < 1.29 is 33.5 Å². The van der Waals surface area contributed by atoms with Crippen LogP contribution in [0, 0.1) is 29.6 Å². The van der Waals surface area contributed by atoms with Crippen LogP contribution in [0.3, 0.4) is 0 Å². The fraction of sp³-hybridized carbons (Fsp3) is 0.571. The zero-order valence-corrected chi connectivity index (χ0v) is 31.9. The van der Waals surface area contributed by atoms with Gasteiger partial charge in [-0.1, -0.05) is 95.3 Å². The van der Waals surface area contributed by atoms with Crippen molar-refractivity contribution in [3.8, 4) is 0 Å². The normalized spacial score (nSPS) is 16.5. The van der Waals surface area contributed by atoms with Gasteiger partial charge in [0, 0.05) is 43.7 Å². The molecular weight excluding hydrogens is 658 g/mol. The molecule has 0 aliphatic carbocycles. The smallest absolute Gasteiger partial charge is 0.407 e. The van der Waals surface area contributed by atoms with Crippen LogP contribution in [-0.4, -0.2) is 65.3 Å². The first-order valence-electron chi connectivity index (χ1n) is 18.9. The van der Waals surface area contributed by atoms with Crippen LogP contribution >= 0.6 is 0 Å². The maximum Gasteiger partial charge on any atom is 0.407 e. The lowest BCUT2D eigenvalue weighted by molar-refractivity contribution is -0.141. The van der Waals surface area contributed by atoms with Gasteiger partial charge in [-0.15, -0.1) is 0 Å². The van der Waals surface area contributed by atoms with E-state index < -0.39 is 35.9 Å². The molecule has 0 spiro atoms. The molecule has 0 radical (unpaired) electrons. The molecule has 3 rings (SSSR count). The largest absolute Gasteiger partial charge is 0.445 e. The van der Waals surface area contributed by atoms with E-state index >= 15 is 0 Å². The second-order valence-corrected chi connectivity index (χ2v) is 15.1. The van der Waals surface area contributed by atoms with E-state index in [0.717, 1.165) is 17.5 Å². The van der Waals surface area contributed by atoms with Crippen LogP contribution in [0.5, 0.6) is 0 Å². The van der Waals surface area contributed by atoms with Gasteiger partial charge in [-0.2, -0.15) is 0 Å². The highest BCUT2D eigenvalue weighted by Crippen LogP contribution is 2.27. The summed E-state index contributed by atoms with van der Waals surface area (Å²) in [5.41, 5.74) is 1.92. The van der Waals surface area contributed by atoms with Gasteiger partial charge in [0.15, 0.2) is 11.6 Å². The summed E-state index contributed by atoms with van der Waals surface area (Å²) in [5.74, 6) is -2.42. The molecule has 1 heterocycles. The molecule has 1 aliphatic rings. The first kappa shape index (κ1) is 42.1. The SMILES string of the molecule is CC(=O)[C@@H](CC(=O)[C@H](CCCNC(=O)OCc1ccccc1)NC(=O)[C@@H](CC(=O)[C@@H]1CCCN1C(=O)[C@H](C)Cc1ccccc1)C(C)C)CC(C)C. The molecule has 3 amide bonds. The summed E-state index contributed by atoms with van der Waals surface area (Å²) in [6.07, 6.45) is 2.37. The summed E-state index contributed by atoms with van der Waals surface area (Å²) in [5, 5.41) is 5.63. The lowest BCUT2D eigenvalue weighted by Crippen LogP contribution is -2.48. The molecular formula is C42H59N3O7. The van der Waals surface area contributed by atoms with E-state index in [-0.39, 0.29) is 73.4 Å². The Morgan fingerprint density at radius 3 is 2.10 bits per heavy atom. The van der Waals surface area contributed by atoms with Gasteiger partial charge in [0.05, 0.1) is 12.1 Å². The van der Waals surface area contributed by atoms with Crippen molar-refractivity contribution >= 4 is 35.3 Å². The lowest BCUT2D eigenvalue weighted by atomic mass is 9.85. The fourth-order valence-electron chi connectivity index (χ4n) is 6.90. The number of hydrogen-bond acceptors (Lipinski definition) is 7. The summed E-state index contributed by atoms with van der Waals surface area (Å²) in [6.45, 7) is 11.9. The zero-order chi connectivity index (χ0) is 38.2. The maximum absolute atomic E-state index is 13.9. The average molecular weight is 718 g/mol. The zero-order valence-electron chi connectivity index (χ0n) is 31.9. The Morgan fingerprint density at radius 2 is 1.50 bits per heavy atom. The molecule has 5 atom stereocenters. The number of hydrogen-bond donors (Lipinski definition) is 2. The predicted octanol–water partition coefficient (Wildman–Crippen LogP) is 6.49. The molecule has 1 saturated heterocycles. The summed E-state index contributed by atoms with van der Waals surface area (Å²) in [4.78, 5) is 81.3. The second kappa shape index (κ2) is 21.2. The Hall–Kier alpha value is -4.34. The Morgan fingerprint density at radius 1 is 0.865 bits per heavy atom. The highest BCUT2D eigenvalue weighted by atomic mass is 16.5. The van der Waals surface area contributed by atoms with Crippen molar-refractivity contribution in [2.45, 2.75) is 112 Å². The van der Waals surface area contributed by atoms with Crippen molar-refractivity contribution in [1.29, 1.82) is 0 Å². The van der Waals surface area contributed by atoms with E-state index in [2.05, 4.69) is 10.6 Å². The molecule has 52 heavy (non-hydrogen) atoms. The van der Waals surface area contributed by atoms with E-state index in [0.29, 0.717) is 32.2 Å². The monoisotopic (exact) mass is 717 g/mol. The first-order chi connectivity index (χ1) is 24.8. The van der Waals surface area contributed by atoms with Gasteiger partial charge in [-0.25, -0.2) is 4.79 Å². The molecule has 2 aromatic rings. The molecule has 1 aliphatic heterocycles. The number of carbonyl (C=O) groups excluding carboxylic acids is 6. The van der Waals surface area contributed by atoms with E-state index in [1.165, 1.54) is 6.92 Å². The molecule has 10 heteroatoms. The quantitative estimate of drug-likeness (QED) is 0.141. The van der Waals surface area contributed by atoms with E-state index in [4.69, 9.17) is 4.74 Å². The fourth-order valence-corrected chi connectivity index (χ4v) is 6.90.